The van der Waals surface area contributed by atoms with E-state index < -0.39 is 23.9 Å². The van der Waals surface area contributed by atoms with E-state index in [1.54, 1.807) is 0 Å². The van der Waals surface area contributed by atoms with Crippen molar-refractivity contribution in [1.29, 1.82) is 0 Å². The van der Waals surface area contributed by atoms with Crippen molar-refractivity contribution in [2.45, 2.75) is 103 Å². The maximum Gasteiger partial charge on any atom is 0.514 e. The number of aromatic nitrogens is 1. The number of carbonyl (C=O) groups is 1. The van der Waals surface area contributed by atoms with Crippen LogP contribution in [0.3, 0.4) is 0 Å². The maximum absolute atomic E-state index is 13.1. The Morgan fingerprint density at radius 2 is 1.84 bits per heavy atom. The molecule has 3 aliphatic rings. The van der Waals surface area contributed by atoms with Gasteiger partial charge in [-0.1, -0.05) is 11.6 Å². The molecule has 0 aromatic carbocycles. The lowest BCUT2D eigenvalue weighted by atomic mass is 9.81. The molecule has 3 atom stereocenters. The SMILES string of the molecule is CC(C)(C)OC(=O)N1C2CCCC1C(c1cc(Cl)nc(B3OC(C)(C)C(C)(C)O3)c1)OC2. The highest BCUT2D eigenvalue weighted by molar-refractivity contribution is 6.61. The molecule has 4 rings (SSSR count). The number of piperidine rings is 1. The highest BCUT2D eigenvalue weighted by atomic mass is 35.5. The monoisotopic (exact) mass is 464 g/mol. The molecule has 3 unspecified atom stereocenters. The van der Waals surface area contributed by atoms with Crippen LogP contribution in [0, 0.1) is 0 Å². The molecule has 32 heavy (non-hydrogen) atoms. The smallest absolute Gasteiger partial charge is 0.444 e. The van der Waals surface area contributed by atoms with Gasteiger partial charge < -0.3 is 18.8 Å². The minimum absolute atomic E-state index is 0.0275. The molecule has 1 aromatic heterocycles. The van der Waals surface area contributed by atoms with Gasteiger partial charge in [0.05, 0.1) is 35.5 Å². The molecule has 3 aliphatic heterocycles. The van der Waals surface area contributed by atoms with Gasteiger partial charge in [-0.3, -0.25) is 4.90 Å². The summed E-state index contributed by atoms with van der Waals surface area (Å²) in [6.45, 7) is 14.1. The summed E-state index contributed by atoms with van der Waals surface area (Å²) in [7, 11) is -0.623. The van der Waals surface area contributed by atoms with Crippen LogP contribution in [0.5, 0.6) is 0 Å². The van der Waals surface area contributed by atoms with Crippen LogP contribution in [0.2, 0.25) is 5.15 Å². The molecule has 0 N–H and O–H groups in total. The van der Waals surface area contributed by atoms with Gasteiger partial charge in [0.1, 0.15) is 16.9 Å². The van der Waals surface area contributed by atoms with E-state index in [9.17, 15) is 4.79 Å². The molecule has 0 spiro atoms. The molecule has 7 nitrogen and oxygen atoms in total. The molecule has 176 valence electrons. The summed E-state index contributed by atoms with van der Waals surface area (Å²) in [4.78, 5) is 19.4. The summed E-state index contributed by atoms with van der Waals surface area (Å²) in [6, 6.07) is 3.64. The second-order valence-electron chi connectivity index (χ2n) is 11.0. The Hall–Kier alpha value is -1.35. The van der Waals surface area contributed by atoms with Crippen molar-refractivity contribution in [2.75, 3.05) is 6.61 Å². The maximum atomic E-state index is 13.1. The molecular weight excluding hydrogens is 431 g/mol. The van der Waals surface area contributed by atoms with Gasteiger partial charge in [0.15, 0.2) is 0 Å². The van der Waals surface area contributed by atoms with Crippen molar-refractivity contribution in [3.63, 3.8) is 0 Å². The summed E-state index contributed by atoms with van der Waals surface area (Å²) >= 11 is 6.43. The van der Waals surface area contributed by atoms with Crippen molar-refractivity contribution in [3.05, 3.63) is 22.8 Å². The number of ether oxygens (including phenoxy) is 2. The standard InChI is InChI=1S/C23H34BClN2O5/c1-21(2,3)30-20(28)27-15-9-8-10-16(27)19(29-13-15)14-11-17(26-18(25)12-14)24-31-22(4,5)23(6,7)32-24/h11-12,15-16,19H,8-10,13H2,1-7H3. The largest absolute Gasteiger partial charge is 0.514 e. The zero-order valence-corrected chi connectivity index (χ0v) is 20.9. The van der Waals surface area contributed by atoms with Crippen LogP contribution in [0.4, 0.5) is 4.79 Å². The number of carbonyl (C=O) groups excluding carboxylic acids is 1. The quantitative estimate of drug-likeness (QED) is 0.481. The Kier molecular flexibility index (Phi) is 6.06. The van der Waals surface area contributed by atoms with Gasteiger partial charge in [-0.15, -0.1) is 0 Å². The summed E-state index contributed by atoms with van der Waals surface area (Å²) in [5, 5.41) is 0.345. The number of rotatable bonds is 2. The number of halogens is 1. The van der Waals surface area contributed by atoms with Crippen molar-refractivity contribution < 1.29 is 23.6 Å². The first-order valence-corrected chi connectivity index (χ1v) is 11.8. The molecule has 1 aromatic rings. The Morgan fingerprint density at radius 3 is 2.47 bits per heavy atom. The first-order chi connectivity index (χ1) is 14.8. The molecule has 9 heteroatoms. The second kappa shape index (κ2) is 8.15. The summed E-state index contributed by atoms with van der Waals surface area (Å²) in [5.74, 6) is 0. The number of hydrogen-bond donors (Lipinski definition) is 0. The third kappa shape index (κ3) is 4.52. The predicted molar refractivity (Wildman–Crippen MR) is 123 cm³/mol. The van der Waals surface area contributed by atoms with E-state index in [-0.39, 0.29) is 24.3 Å². The lowest BCUT2D eigenvalue weighted by Crippen LogP contribution is -2.59. The first-order valence-electron chi connectivity index (χ1n) is 11.4. The fraction of sp³-hybridized carbons (Fsp3) is 0.739. The molecule has 1 amide bonds. The van der Waals surface area contributed by atoms with Crippen LogP contribution in [-0.2, 0) is 18.8 Å². The van der Waals surface area contributed by atoms with Crippen LogP contribution in [0.25, 0.3) is 0 Å². The van der Waals surface area contributed by atoms with Crippen LogP contribution < -0.4 is 5.59 Å². The third-order valence-corrected chi connectivity index (χ3v) is 7.06. The van der Waals surface area contributed by atoms with Crippen LogP contribution >= 0.6 is 11.6 Å². The molecule has 0 saturated carbocycles. The van der Waals surface area contributed by atoms with E-state index in [2.05, 4.69) is 4.98 Å². The number of fused-ring (bicyclic) bond motifs is 2. The Labute approximate surface area is 196 Å². The molecule has 2 bridgehead atoms. The number of nitrogens with zero attached hydrogens (tertiary/aromatic N) is 2. The van der Waals surface area contributed by atoms with E-state index in [1.807, 2.05) is 65.5 Å². The predicted octanol–water partition coefficient (Wildman–Crippen LogP) is 4.26. The normalized spacial score (nSPS) is 29.2. The third-order valence-electron chi connectivity index (χ3n) is 6.87. The van der Waals surface area contributed by atoms with Crippen LogP contribution in [0.1, 0.15) is 79.4 Å². The van der Waals surface area contributed by atoms with Gasteiger partial charge in [-0.25, -0.2) is 9.78 Å². The molecule has 4 heterocycles. The zero-order chi connectivity index (χ0) is 23.5. The fourth-order valence-corrected chi connectivity index (χ4v) is 4.83. The van der Waals surface area contributed by atoms with Crippen LogP contribution in [-0.4, -0.2) is 58.6 Å². The molecular formula is C23H34BClN2O5. The summed E-state index contributed by atoms with van der Waals surface area (Å²) < 4.78 is 24.4. The number of morpholine rings is 1. The summed E-state index contributed by atoms with van der Waals surface area (Å²) in [6.07, 6.45) is 2.19. The van der Waals surface area contributed by atoms with Crippen molar-refractivity contribution in [1.82, 2.24) is 9.88 Å². The van der Waals surface area contributed by atoms with Crippen molar-refractivity contribution >= 4 is 30.4 Å². The molecule has 0 radical (unpaired) electrons. The Morgan fingerprint density at radius 1 is 1.19 bits per heavy atom. The molecule has 3 fully saturated rings. The summed E-state index contributed by atoms with van der Waals surface area (Å²) in [5.41, 5.74) is -0.0333. The van der Waals surface area contributed by atoms with Gasteiger partial charge in [0, 0.05) is 0 Å². The van der Waals surface area contributed by atoms with Gasteiger partial charge in [-0.2, -0.15) is 0 Å². The minimum Gasteiger partial charge on any atom is -0.444 e. The van der Waals surface area contributed by atoms with Gasteiger partial charge in [0.2, 0.25) is 0 Å². The van der Waals surface area contributed by atoms with E-state index in [4.69, 9.17) is 30.4 Å². The fourth-order valence-electron chi connectivity index (χ4n) is 4.60. The lowest BCUT2D eigenvalue weighted by molar-refractivity contribution is -0.123. The second-order valence-corrected chi connectivity index (χ2v) is 11.4. The van der Waals surface area contributed by atoms with Crippen molar-refractivity contribution in [3.8, 4) is 0 Å². The highest BCUT2D eigenvalue weighted by Gasteiger charge is 2.53. The van der Waals surface area contributed by atoms with E-state index >= 15 is 0 Å². The van der Waals surface area contributed by atoms with Crippen LogP contribution in [0.15, 0.2) is 12.1 Å². The highest BCUT2D eigenvalue weighted by Crippen LogP contribution is 2.40. The first kappa shape index (κ1) is 23.8. The number of pyridine rings is 1. The lowest BCUT2D eigenvalue weighted by Gasteiger charge is -2.49. The molecule has 3 saturated heterocycles. The van der Waals surface area contributed by atoms with Gasteiger partial charge in [-0.05, 0) is 85.4 Å². The Balaban J connectivity index is 1.63. The van der Waals surface area contributed by atoms with E-state index in [1.165, 1.54) is 0 Å². The topological polar surface area (TPSA) is 70.1 Å². The van der Waals surface area contributed by atoms with Gasteiger partial charge >= 0.3 is 13.2 Å². The number of hydrogen-bond acceptors (Lipinski definition) is 6. The molecule has 0 aliphatic carbocycles. The van der Waals surface area contributed by atoms with E-state index in [0.29, 0.717) is 17.4 Å². The van der Waals surface area contributed by atoms with E-state index in [0.717, 1.165) is 24.8 Å². The van der Waals surface area contributed by atoms with Crippen molar-refractivity contribution in [2.24, 2.45) is 0 Å². The zero-order valence-electron chi connectivity index (χ0n) is 20.1. The Bertz CT molecular complexity index is 872. The average Bonchev–Trinajstić information content (AvgIpc) is 2.87. The average molecular weight is 465 g/mol. The van der Waals surface area contributed by atoms with Gasteiger partial charge in [0.25, 0.3) is 0 Å². The number of amides is 1. The minimum atomic E-state index is -0.623.